The van der Waals surface area contributed by atoms with Gasteiger partial charge in [-0.2, -0.15) is 0 Å². The molecule has 0 saturated heterocycles. The maximum absolute atomic E-state index is 14.5. The van der Waals surface area contributed by atoms with E-state index in [2.05, 4.69) is 19.6 Å². The fraction of sp³-hybridized carbons (Fsp3) is 0.500. The summed E-state index contributed by atoms with van der Waals surface area (Å²) in [5, 5.41) is 0. The Bertz CT molecular complexity index is 561. The van der Waals surface area contributed by atoms with Crippen molar-refractivity contribution in [2.45, 2.75) is 52.4 Å². The van der Waals surface area contributed by atoms with Crippen LogP contribution in [-0.4, -0.2) is 14.2 Å². The summed E-state index contributed by atoms with van der Waals surface area (Å²) < 4.78 is 25.4. The van der Waals surface area contributed by atoms with E-state index >= 15 is 0 Å². The molecule has 0 amide bonds. The van der Waals surface area contributed by atoms with E-state index in [9.17, 15) is 4.39 Å². The zero-order valence-corrected chi connectivity index (χ0v) is 15.0. The van der Waals surface area contributed by atoms with Crippen LogP contribution in [-0.2, 0) is 6.42 Å². The van der Waals surface area contributed by atoms with Crippen molar-refractivity contribution in [3.8, 4) is 11.5 Å². The van der Waals surface area contributed by atoms with Gasteiger partial charge in [-0.15, -0.1) is 6.58 Å². The van der Waals surface area contributed by atoms with Gasteiger partial charge < -0.3 is 9.47 Å². The smallest absolute Gasteiger partial charge is 0.168 e. The standard InChI is InChI=1S/C17H23FO2.C3H6/c1-5-12-10-14(19-3)15(17(20-4)16(12)18)13-8-6-7-11(2)9-13;1-3-2/h9-10,13H,5-8H2,1-4H3;3H,1H2,2H3. The van der Waals surface area contributed by atoms with Gasteiger partial charge in [-0.3, -0.25) is 0 Å². The van der Waals surface area contributed by atoms with Crippen LogP contribution in [0.3, 0.4) is 0 Å². The van der Waals surface area contributed by atoms with Crippen LogP contribution in [0.2, 0.25) is 0 Å². The first kappa shape index (κ1) is 19.3. The quantitative estimate of drug-likeness (QED) is 0.652. The summed E-state index contributed by atoms with van der Waals surface area (Å²) in [6.07, 6.45) is 7.84. The molecule has 128 valence electrons. The molecule has 1 aliphatic carbocycles. The first-order valence-electron chi connectivity index (χ1n) is 8.21. The molecule has 2 nitrogen and oxygen atoms in total. The number of halogens is 1. The lowest BCUT2D eigenvalue weighted by Gasteiger charge is -2.25. The van der Waals surface area contributed by atoms with Crippen LogP contribution < -0.4 is 9.47 Å². The largest absolute Gasteiger partial charge is 0.496 e. The number of hydrogen-bond acceptors (Lipinski definition) is 2. The van der Waals surface area contributed by atoms with Crippen molar-refractivity contribution >= 4 is 0 Å². The zero-order valence-electron chi connectivity index (χ0n) is 15.0. The molecule has 1 aromatic rings. The Morgan fingerprint density at radius 3 is 2.48 bits per heavy atom. The Labute approximate surface area is 140 Å². The van der Waals surface area contributed by atoms with Crippen LogP contribution in [0.25, 0.3) is 0 Å². The van der Waals surface area contributed by atoms with E-state index in [0.717, 1.165) is 30.6 Å². The first-order chi connectivity index (χ1) is 11.0. The molecule has 1 aliphatic rings. The second-order valence-corrected chi connectivity index (χ2v) is 5.77. The van der Waals surface area contributed by atoms with Crippen LogP contribution in [0, 0.1) is 5.82 Å². The molecule has 0 fully saturated rings. The van der Waals surface area contributed by atoms with Gasteiger partial charge in [-0.1, -0.05) is 24.6 Å². The maximum Gasteiger partial charge on any atom is 0.168 e. The van der Waals surface area contributed by atoms with E-state index in [0.29, 0.717) is 17.7 Å². The van der Waals surface area contributed by atoms with E-state index in [1.165, 1.54) is 12.7 Å². The van der Waals surface area contributed by atoms with Crippen molar-refractivity contribution in [3.63, 3.8) is 0 Å². The maximum atomic E-state index is 14.5. The Hall–Kier alpha value is -1.77. The number of hydrogen-bond donors (Lipinski definition) is 0. The fourth-order valence-corrected chi connectivity index (χ4v) is 2.99. The van der Waals surface area contributed by atoms with Gasteiger partial charge in [0.25, 0.3) is 0 Å². The number of allylic oxidation sites excluding steroid dienone is 3. The van der Waals surface area contributed by atoms with E-state index in [1.54, 1.807) is 13.2 Å². The number of aryl methyl sites for hydroxylation is 1. The van der Waals surface area contributed by atoms with E-state index in [-0.39, 0.29) is 11.7 Å². The minimum absolute atomic E-state index is 0.175. The van der Waals surface area contributed by atoms with Crippen molar-refractivity contribution in [1.82, 2.24) is 0 Å². The molecular weight excluding hydrogens is 291 g/mol. The van der Waals surface area contributed by atoms with Gasteiger partial charge in [0.2, 0.25) is 0 Å². The van der Waals surface area contributed by atoms with Crippen molar-refractivity contribution in [2.75, 3.05) is 14.2 Å². The van der Waals surface area contributed by atoms with Gasteiger partial charge in [0, 0.05) is 11.5 Å². The monoisotopic (exact) mass is 320 g/mol. The summed E-state index contributed by atoms with van der Waals surface area (Å²) in [6.45, 7) is 9.31. The summed E-state index contributed by atoms with van der Waals surface area (Å²) in [7, 11) is 3.16. The number of ether oxygens (including phenoxy) is 2. The second kappa shape index (κ2) is 9.39. The zero-order chi connectivity index (χ0) is 17.4. The van der Waals surface area contributed by atoms with Gasteiger partial charge in [0.05, 0.1) is 14.2 Å². The predicted octanol–water partition coefficient (Wildman–Crippen LogP) is 5.81. The minimum Gasteiger partial charge on any atom is -0.496 e. The first-order valence-corrected chi connectivity index (χ1v) is 8.21. The van der Waals surface area contributed by atoms with Gasteiger partial charge in [-0.05, 0) is 51.2 Å². The van der Waals surface area contributed by atoms with Crippen molar-refractivity contribution in [3.05, 3.63) is 47.3 Å². The summed E-state index contributed by atoms with van der Waals surface area (Å²) in [6, 6.07) is 1.81. The van der Waals surface area contributed by atoms with Crippen LogP contribution >= 0.6 is 0 Å². The van der Waals surface area contributed by atoms with Gasteiger partial charge in [0.1, 0.15) is 5.75 Å². The summed E-state index contributed by atoms with van der Waals surface area (Å²) in [5.74, 6) is 1.00. The third-order valence-electron chi connectivity index (χ3n) is 4.04. The third-order valence-corrected chi connectivity index (χ3v) is 4.04. The number of benzene rings is 1. The average molecular weight is 320 g/mol. The molecule has 0 N–H and O–H groups in total. The fourth-order valence-electron chi connectivity index (χ4n) is 2.99. The molecule has 0 radical (unpaired) electrons. The molecule has 2 rings (SSSR count). The van der Waals surface area contributed by atoms with Crippen LogP contribution in [0.15, 0.2) is 30.4 Å². The van der Waals surface area contributed by atoms with Crippen LogP contribution in [0.1, 0.15) is 57.1 Å². The van der Waals surface area contributed by atoms with Crippen molar-refractivity contribution in [2.24, 2.45) is 0 Å². The summed E-state index contributed by atoms with van der Waals surface area (Å²) >= 11 is 0. The van der Waals surface area contributed by atoms with E-state index in [4.69, 9.17) is 9.47 Å². The molecule has 0 saturated carbocycles. The Kier molecular flexibility index (Phi) is 7.87. The molecule has 0 heterocycles. The molecule has 1 atom stereocenters. The van der Waals surface area contributed by atoms with E-state index in [1.807, 2.05) is 19.9 Å². The molecule has 0 spiro atoms. The summed E-state index contributed by atoms with van der Waals surface area (Å²) in [5.41, 5.74) is 2.84. The predicted molar refractivity (Wildman–Crippen MR) is 95.1 cm³/mol. The third kappa shape index (κ3) is 4.60. The highest BCUT2D eigenvalue weighted by molar-refractivity contribution is 5.53. The molecule has 1 unspecified atom stereocenters. The second-order valence-electron chi connectivity index (χ2n) is 5.77. The molecule has 0 aromatic heterocycles. The minimum atomic E-state index is -0.248. The Balaban J connectivity index is 0.000000816. The molecular formula is C20H29FO2. The highest BCUT2D eigenvalue weighted by atomic mass is 19.1. The van der Waals surface area contributed by atoms with Gasteiger partial charge in [-0.25, -0.2) is 4.39 Å². The lowest BCUT2D eigenvalue weighted by Crippen LogP contribution is -2.09. The van der Waals surface area contributed by atoms with Gasteiger partial charge in [0.15, 0.2) is 11.6 Å². The SMILES string of the molecule is C=CC.CCc1cc(OC)c(C2C=C(C)CCC2)c(OC)c1F. The van der Waals surface area contributed by atoms with Crippen molar-refractivity contribution < 1.29 is 13.9 Å². The number of methoxy groups -OCH3 is 2. The van der Waals surface area contributed by atoms with Gasteiger partial charge >= 0.3 is 0 Å². The molecule has 23 heavy (non-hydrogen) atoms. The normalized spacial score (nSPS) is 16.8. The lowest BCUT2D eigenvalue weighted by atomic mass is 9.84. The van der Waals surface area contributed by atoms with Crippen molar-refractivity contribution in [1.29, 1.82) is 0 Å². The number of rotatable bonds is 4. The Morgan fingerprint density at radius 2 is 2.00 bits per heavy atom. The highest BCUT2D eigenvalue weighted by Gasteiger charge is 2.26. The molecule has 3 heteroatoms. The molecule has 1 aromatic carbocycles. The highest BCUT2D eigenvalue weighted by Crippen LogP contribution is 2.43. The molecule has 0 bridgehead atoms. The molecule has 0 aliphatic heterocycles. The average Bonchev–Trinajstić information content (AvgIpc) is 2.55. The summed E-state index contributed by atoms with van der Waals surface area (Å²) in [4.78, 5) is 0. The van der Waals surface area contributed by atoms with Crippen LogP contribution in [0.5, 0.6) is 11.5 Å². The van der Waals surface area contributed by atoms with Crippen LogP contribution in [0.4, 0.5) is 4.39 Å². The topological polar surface area (TPSA) is 18.5 Å². The lowest BCUT2D eigenvalue weighted by molar-refractivity contribution is 0.358. The Morgan fingerprint density at radius 1 is 1.35 bits per heavy atom. The van der Waals surface area contributed by atoms with E-state index < -0.39 is 0 Å².